The Morgan fingerprint density at radius 3 is 1.97 bits per heavy atom. The molecule has 162 valence electrons. The summed E-state index contributed by atoms with van der Waals surface area (Å²) >= 11 is 0. The van der Waals surface area contributed by atoms with Crippen molar-refractivity contribution in [3.8, 4) is 0 Å². The number of quaternary nitrogens is 4. The molecule has 1 atom stereocenters. The van der Waals surface area contributed by atoms with Gasteiger partial charge in [0.05, 0.1) is 23.9 Å². The van der Waals surface area contributed by atoms with Gasteiger partial charge in [0.1, 0.15) is 64.7 Å². The second-order valence-corrected chi connectivity index (χ2v) is 10.8. The summed E-state index contributed by atoms with van der Waals surface area (Å²) in [7, 11) is 0.903. The molecule has 2 heterocycles. The average molecular weight is 430 g/mol. The van der Waals surface area contributed by atoms with Gasteiger partial charge in [-0.05, 0) is 12.1 Å². The van der Waals surface area contributed by atoms with Crippen molar-refractivity contribution in [2.45, 2.75) is 10.9 Å². The lowest BCUT2D eigenvalue weighted by atomic mass is 10.2. The number of nitrogens with one attached hydrogen (secondary N) is 4. The number of benzene rings is 1. The molecule has 0 radical (unpaired) electrons. The molecule has 4 N–H and O–H groups in total. The molecule has 0 amide bonds. The highest BCUT2D eigenvalue weighted by atomic mass is 32.2. The molecule has 2 aliphatic rings. The molecular weight excluding hydrogens is 394 g/mol. The fraction of sp³-hybridized carbons (Fsp3) is 0.684. The molecule has 29 heavy (non-hydrogen) atoms. The van der Waals surface area contributed by atoms with Crippen molar-refractivity contribution in [3.63, 3.8) is 0 Å². The molecule has 2 fully saturated rings. The van der Waals surface area contributed by atoms with Crippen molar-refractivity contribution < 1.29 is 32.9 Å². The van der Waals surface area contributed by atoms with Crippen LogP contribution in [0.15, 0.2) is 29.2 Å². The van der Waals surface area contributed by atoms with E-state index in [1.807, 2.05) is 0 Å². The molecule has 3 rings (SSSR count). The molecule has 0 spiro atoms. The van der Waals surface area contributed by atoms with E-state index in [9.17, 15) is 18.5 Å². The van der Waals surface area contributed by atoms with E-state index in [0.29, 0.717) is 0 Å². The number of nitro benzene ring substituents is 1. The zero-order valence-electron chi connectivity index (χ0n) is 17.4. The van der Waals surface area contributed by atoms with E-state index in [0.717, 1.165) is 58.9 Å². The molecule has 2 aliphatic heterocycles. The van der Waals surface area contributed by atoms with E-state index in [1.165, 1.54) is 39.0 Å². The zero-order chi connectivity index (χ0) is 21.0. The third-order valence-electron chi connectivity index (χ3n) is 6.50. The van der Waals surface area contributed by atoms with Gasteiger partial charge in [0.25, 0.3) is 5.69 Å². The number of non-ortho nitro benzene ring substituents is 1. The van der Waals surface area contributed by atoms with Gasteiger partial charge in [0.15, 0.2) is 15.9 Å². The molecule has 9 nitrogen and oxygen atoms in total. The summed E-state index contributed by atoms with van der Waals surface area (Å²) in [6, 6.07) is 5.36. The summed E-state index contributed by atoms with van der Waals surface area (Å²) in [5, 5.41) is 10.9. The van der Waals surface area contributed by atoms with E-state index in [4.69, 9.17) is 0 Å². The number of rotatable bonds is 7. The number of hydrogen-bond donors (Lipinski definition) is 4. The van der Waals surface area contributed by atoms with Crippen molar-refractivity contribution in [2.24, 2.45) is 0 Å². The third kappa shape index (κ3) is 5.95. The summed E-state index contributed by atoms with van der Waals surface area (Å²) in [6.07, 6.45) is 0. The highest BCUT2D eigenvalue weighted by Crippen LogP contribution is 2.17. The summed E-state index contributed by atoms with van der Waals surface area (Å²) in [6.45, 7) is 9.38. The first-order valence-corrected chi connectivity index (χ1v) is 12.2. The molecule has 1 aromatic rings. The Hall–Kier alpha value is -1.59. The van der Waals surface area contributed by atoms with Crippen LogP contribution >= 0.6 is 0 Å². The first-order valence-electron chi connectivity index (χ1n) is 10.5. The minimum Gasteiger partial charge on any atom is -0.328 e. The SMILES string of the molecule is C[NH+]1CC[NH+](C[C@H](CS(=O)(=O)c2ccc([N+](=O)[O-])cc2)[NH+]2CC[NH+](C)CC2)CC1. The van der Waals surface area contributed by atoms with Crippen LogP contribution < -0.4 is 19.6 Å². The fourth-order valence-corrected chi connectivity index (χ4v) is 6.07. The van der Waals surface area contributed by atoms with Gasteiger partial charge < -0.3 is 19.6 Å². The van der Waals surface area contributed by atoms with Crippen LogP contribution in [0.1, 0.15) is 0 Å². The van der Waals surface area contributed by atoms with Crippen LogP contribution in [-0.4, -0.2) is 98.1 Å². The molecular formula is C19H35N5O4S+4. The maximum absolute atomic E-state index is 13.1. The normalized spacial score (nSPS) is 29.3. The van der Waals surface area contributed by atoms with E-state index >= 15 is 0 Å². The number of piperazine rings is 2. The Balaban J connectivity index is 1.74. The Morgan fingerprint density at radius 1 is 0.931 bits per heavy atom. The second kappa shape index (κ2) is 9.48. The van der Waals surface area contributed by atoms with Crippen LogP contribution in [0.2, 0.25) is 0 Å². The van der Waals surface area contributed by atoms with Gasteiger partial charge in [-0.3, -0.25) is 10.1 Å². The zero-order valence-corrected chi connectivity index (χ0v) is 18.3. The summed E-state index contributed by atoms with van der Waals surface area (Å²) in [5.41, 5.74) is -0.0856. The first-order chi connectivity index (χ1) is 13.7. The number of likely N-dealkylation sites (N-methyl/N-ethyl adjacent to an activating group) is 2. The van der Waals surface area contributed by atoms with Crippen molar-refractivity contribution in [3.05, 3.63) is 34.4 Å². The van der Waals surface area contributed by atoms with Crippen LogP contribution in [0, 0.1) is 10.1 Å². The minimum atomic E-state index is -3.50. The van der Waals surface area contributed by atoms with Crippen LogP contribution in [0.4, 0.5) is 5.69 Å². The second-order valence-electron chi connectivity index (χ2n) is 8.76. The lowest BCUT2D eigenvalue weighted by molar-refractivity contribution is -1.05. The van der Waals surface area contributed by atoms with Gasteiger partial charge in [-0.25, -0.2) is 8.42 Å². The molecule has 0 saturated carbocycles. The Morgan fingerprint density at radius 2 is 1.45 bits per heavy atom. The maximum Gasteiger partial charge on any atom is 0.269 e. The van der Waals surface area contributed by atoms with E-state index in [1.54, 1.807) is 4.90 Å². The number of hydrogen-bond acceptors (Lipinski definition) is 4. The first kappa shape index (κ1) is 22.1. The average Bonchev–Trinajstić information content (AvgIpc) is 2.69. The molecule has 0 unspecified atom stereocenters. The summed E-state index contributed by atoms with van der Waals surface area (Å²) in [4.78, 5) is 16.5. The molecule has 1 aromatic carbocycles. The van der Waals surface area contributed by atoms with Gasteiger partial charge in [-0.2, -0.15) is 0 Å². The number of nitrogens with zero attached hydrogens (tertiary/aromatic N) is 1. The van der Waals surface area contributed by atoms with E-state index < -0.39 is 14.8 Å². The quantitative estimate of drug-likeness (QED) is 0.257. The van der Waals surface area contributed by atoms with Crippen LogP contribution in [0.25, 0.3) is 0 Å². The van der Waals surface area contributed by atoms with Crippen molar-refractivity contribution in [2.75, 3.05) is 78.8 Å². The highest BCUT2D eigenvalue weighted by molar-refractivity contribution is 7.91. The maximum atomic E-state index is 13.1. The minimum absolute atomic E-state index is 0.0525. The van der Waals surface area contributed by atoms with Gasteiger partial charge in [0, 0.05) is 12.1 Å². The van der Waals surface area contributed by atoms with Gasteiger partial charge in [-0.15, -0.1) is 0 Å². The van der Waals surface area contributed by atoms with Crippen LogP contribution in [-0.2, 0) is 9.84 Å². The number of nitro groups is 1. The van der Waals surface area contributed by atoms with Crippen LogP contribution in [0.3, 0.4) is 0 Å². The molecule has 0 aliphatic carbocycles. The molecule has 0 aromatic heterocycles. The summed E-state index contributed by atoms with van der Waals surface area (Å²) in [5.74, 6) is 0.103. The topological polar surface area (TPSA) is 95.0 Å². The molecule has 2 saturated heterocycles. The molecule has 0 bridgehead atoms. The largest absolute Gasteiger partial charge is 0.328 e. The lowest BCUT2D eigenvalue weighted by Crippen LogP contribution is -3.33. The monoisotopic (exact) mass is 429 g/mol. The van der Waals surface area contributed by atoms with E-state index in [2.05, 4.69) is 14.1 Å². The smallest absolute Gasteiger partial charge is 0.269 e. The van der Waals surface area contributed by atoms with E-state index in [-0.39, 0.29) is 22.4 Å². The Labute approximate surface area is 172 Å². The summed E-state index contributed by atoms with van der Waals surface area (Å²) < 4.78 is 26.2. The van der Waals surface area contributed by atoms with Gasteiger partial charge in [0.2, 0.25) is 0 Å². The van der Waals surface area contributed by atoms with Crippen molar-refractivity contribution in [1.29, 1.82) is 0 Å². The van der Waals surface area contributed by atoms with Gasteiger partial charge in [-0.1, -0.05) is 0 Å². The number of sulfone groups is 1. The standard InChI is InChI=1S/C19H31N5O4S/c1-20-7-11-22(12-8-20)15-18(23-13-9-21(2)10-14-23)16-29(27,28)19-5-3-17(4-6-19)24(25)26/h3-6,18H,7-16H2,1-2H3/p+4/t18-/m1/s1. The van der Waals surface area contributed by atoms with Crippen molar-refractivity contribution in [1.82, 2.24) is 0 Å². The Kier molecular flexibility index (Phi) is 7.23. The third-order valence-corrected chi connectivity index (χ3v) is 8.33. The predicted molar refractivity (Wildman–Crippen MR) is 108 cm³/mol. The van der Waals surface area contributed by atoms with Gasteiger partial charge >= 0.3 is 0 Å². The Bertz CT molecular complexity index is 785. The highest BCUT2D eigenvalue weighted by Gasteiger charge is 2.36. The lowest BCUT2D eigenvalue weighted by Gasteiger charge is -2.35. The van der Waals surface area contributed by atoms with Crippen molar-refractivity contribution >= 4 is 15.5 Å². The molecule has 10 heteroatoms. The van der Waals surface area contributed by atoms with Crippen LogP contribution in [0.5, 0.6) is 0 Å². The predicted octanol–water partition coefficient (Wildman–Crippen LogP) is -5.44. The fourth-order valence-electron chi connectivity index (χ4n) is 4.45.